The van der Waals surface area contributed by atoms with Gasteiger partial charge in [0.25, 0.3) is 0 Å². The summed E-state index contributed by atoms with van der Waals surface area (Å²) in [6.45, 7) is 0. The molecule has 0 bridgehead atoms. The Labute approximate surface area is 126 Å². The maximum absolute atomic E-state index is 12.2. The van der Waals surface area contributed by atoms with Crippen molar-refractivity contribution >= 4 is 20.0 Å². The summed E-state index contributed by atoms with van der Waals surface area (Å²) in [4.78, 5) is 0.166. The van der Waals surface area contributed by atoms with Crippen molar-refractivity contribution in [3.63, 3.8) is 0 Å². The van der Waals surface area contributed by atoms with Crippen LogP contribution in [0, 0.1) is 0 Å². The molecule has 0 radical (unpaired) electrons. The van der Waals surface area contributed by atoms with Gasteiger partial charge in [0.15, 0.2) is 0 Å². The van der Waals surface area contributed by atoms with Gasteiger partial charge in [-0.25, -0.2) is 25.9 Å². The minimum absolute atomic E-state index is 0.0137. The highest BCUT2D eigenvalue weighted by Crippen LogP contribution is 2.21. The molecular weight excluding hydrogens is 312 g/mol. The van der Waals surface area contributed by atoms with Gasteiger partial charge in [-0.2, -0.15) is 0 Å². The zero-order valence-electron chi connectivity index (χ0n) is 12.1. The minimum atomic E-state index is -3.58. The molecule has 0 aromatic heterocycles. The fourth-order valence-electron chi connectivity index (χ4n) is 2.33. The molecule has 0 atom stereocenters. The lowest BCUT2D eigenvalue weighted by molar-refractivity contribution is 0.520. The first-order chi connectivity index (χ1) is 9.73. The Balaban J connectivity index is 2.22. The number of rotatable bonds is 5. The summed E-state index contributed by atoms with van der Waals surface area (Å²) in [6, 6.07) is 5.28. The Morgan fingerprint density at radius 1 is 0.952 bits per heavy atom. The molecule has 1 aromatic carbocycles. The largest absolute Gasteiger partial charge is 0.242 e. The fraction of sp³-hybridized carbons (Fsp3) is 0.538. The van der Waals surface area contributed by atoms with Crippen LogP contribution in [0.1, 0.15) is 25.7 Å². The molecule has 2 rings (SSSR count). The maximum atomic E-state index is 12.2. The highest BCUT2D eigenvalue weighted by Gasteiger charge is 2.24. The molecule has 0 aliphatic heterocycles. The van der Waals surface area contributed by atoms with E-state index in [2.05, 4.69) is 4.72 Å². The molecule has 0 amide bonds. The molecule has 0 saturated heterocycles. The van der Waals surface area contributed by atoms with Gasteiger partial charge in [-0.05, 0) is 37.1 Å². The number of benzene rings is 1. The first kappa shape index (κ1) is 16.4. The molecule has 1 aromatic rings. The normalized spacial score (nSPS) is 17.5. The number of hydrogen-bond donors (Lipinski definition) is 1. The molecule has 0 spiro atoms. The Bertz CT molecular complexity index is 688. The van der Waals surface area contributed by atoms with Crippen molar-refractivity contribution in [1.82, 2.24) is 9.03 Å². The molecule has 1 aliphatic rings. The topological polar surface area (TPSA) is 83.6 Å². The third-order valence-electron chi connectivity index (χ3n) is 3.59. The standard InChI is InChI=1S/C13H20N2O4S2/c1-15(2)21(18,19)13-9-7-12(8-10-13)20(16,17)14-11-5-3-4-6-11/h7-11,14H,3-6H2,1-2H3. The van der Waals surface area contributed by atoms with Gasteiger partial charge in [0.2, 0.25) is 20.0 Å². The van der Waals surface area contributed by atoms with Crippen LogP contribution in [0.4, 0.5) is 0 Å². The van der Waals surface area contributed by atoms with Crippen LogP contribution in [0.5, 0.6) is 0 Å². The highest BCUT2D eigenvalue weighted by atomic mass is 32.2. The summed E-state index contributed by atoms with van der Waals surface area (Å²) in [5.41, 5.74) is 0. The van der Waals surface area contributed by atoms with E-state index in [0.717, 1.165) is 30.0 Å². The highest BCUT2D eigenvalue weighted by molar-refractivity contribution is 7.89. The number of sulfonamides is 2. The van der Waals surface area contributed by atoms with Gasteiger partial charge in [-0.3, -0.25) is 0 Å². The van der Waals surface area contributed by atoms with Gasteiger partial charge < -0.3 is 0 Å². The van der Waals surface area contributed by atoms with Crippen molar-refractivity contribution in [2.45, 2.75) is 41.5 Å². The van der Waals surface area contributed by atoms with Gasteiger partial charge in [-0.1, -0.05) is 12.8 Å². The summed E-state index contributed by atoms with van der Waals surface area (Å²) >= 11 is 0. The second kappa shape index (κ2) is 6.04. The van der Waals surface area contributed by atoms with Crippen LogP contribution in [-0.2, 0) is 20.0 Å². The minimum Gasteiger partial charge on any atom is -0.208 e. The van der Waals surface area contributed by atoms with E-state index in [1.165, 1.54) is 38.4 Å². The summed E-state index contributed by atoms with van der Waals surface area (Å²) < 4.78 is 52.0. The zero-order valence-corrected chi connectivity index (χ0v) is 13.7. The average Bonchev–Trinajstić information content (AvgIpc) is 2.91. The predicted octanol–water partition coefficient (Wildman–Crippen LogP) is 1.16. The Morgan fingerprint density at radius 2 is 1.43 bits per heavy atom. The smallest absolute Gasteiger partial charge is 0.208 e. The molecular formula is C13H20N2O4S2. The molecule has 118 valence electrons. The van der Waals surface area contributed by atoms with Gasteiger partial charge in [0.05, 0.1) is 9.79 Å². The maximum Gasteiger partial charge on any atom is 0.242 e. The van der Waals surface area contributed by atoms with Crippen LogP contribution >= 0.6 is 0 Å². The monoisotopic (exact) mass is 332 g/mol. The lowest BCUT2D eigenvalue weighted by Gasteiger charge is -2.14. The average molecular weight is 332 g/mol. The van der Waals surface area contributed by atoms with Crippen molar-refractivity contribution in [3.05, 3.63) is 24.3 Å². The number of nitrogens with one attached hydrogen (secondary N) is 1. The van der Waals surface area contributed by atoms with E-state index in [1.54, 1.807) is 0 Å². The summed E-state index contributed by atoms with van der Waals surface area (Å²) in [7, 11) is -4.26. The molecule has 8 heteroatoms. The van der Waals surface area contributed by atoms with Crippen LogP contribution < -0.4 is 4.72 Å². The van der Waals surface area contributed by atoms with E-state index in [9.17, 15) is 16.8 Å². The number of hydrogen-bond acceptors (Lipinski definition) is 4. The second-order valence-electron chi connectivity index (χ2n) is 5.36. The molecule has 0 unspecified atom stereocenters. The van der Waals surface area contributed by atoms with Crippen LogP contribution in [0.2, 0.25) is 0 Å². The van der Waals surface area contributed by atoms with Crippen molar-refractivity contribution in [2.75, 3.05) is 14.1 Å². The van der Waals surface area contributed by atoms with E-state index in [-0.39, 0.29) is 15.8 Å². The van der Waals surface area contributed by atoms with Gasteiger partial charge in [-0.15, -0.1) is 0 Å². The third-order valence-corrected chi connectivity index (χ3v) is 6.96. The number of nitrogens with zero attached hydrogens (tertiary/aromatic N) is 1. The van der Waals surface area contributed by atoms with Crippen molar-refractivity contribution < 1.29 is 16.8 Å². The van der Waals surface area contributed by atoms with E-state index in [4.69, 9.17) is 0 Å². The van der Waals surface area contributed by atoms with Crippen LogP contribution in [0.25, 0.3) is 0 Å². The molecule has 1 N–H and O–H groups in total. The molecule has 1 fully saturated rings. The third kappa shape index (κ3) is 3.63. The first-order valence-corrected chi connectivity index (χ1v) is 9.71. The van der Waals surface area contributed by atoms with E-state index in [1.807, 2.05) is 0 Å². The molecule has 1 saturated carbocycles. The predicted molar refractivity (Wildman–Crippen MR) is 79.9 cm³/mol. The molecule has 1 aliphatic carbocycles. The van der Waals surface area contributed by atoms with Crippen LogP contribution in [-0.4, -0.2) is 41.3 Å². The second-order valence-corrected chi connectivity index (χ2v) is 9.23. The van der Waals surface area contributed by atoms with E-state index in [0.29, 0.717) is 0 Å². The Kier molecular flexibility index (Phi) is 4.72. The fourth-order valence-corrected chi connectivity index (χ4v) is 4.54. The van der Waals surface area contributed by atoms with Crippen molar-refractivity contribution in [1.29, 1.82) is 0 Å². The van der Waals surface area contributed by atoms with Crippen LogP contribution in [0.15, 0.2) is 34.1 Å². The lowest BCUT2D eigenvalue weighted by atomic mass is 10.3. The van der Waals surface area contributed by atoms with Crippen molar-refractivity contribution in [3.8, 4) is 0 Å². The zero-order chi connectivity index (χ0) is 15.7. The lowest BCUT2D eigenvalue weighted by Crippen LogP contribution is -2.32. The summed E-state index contributed by atoms with van der Waals surface area (Å²) in [5.74, 6) is 0. The van der Waals surface area contributed by atoms with Crippen LogP contribution in [0.3, 0.4) is 0 Å². The SMILES string of the molecule is CN(C)S(=O)(=O)c1ccc(S(=O)(=O)NC2CCCC2)cc1. The van der Waals surface area contributed by atoms with Crippen molar-refractivity contribution in [2.24, 2.45) is 0 Å². The van der Waals surface area contributed by atoms with E-state index < -0.39 is 20.0 Å². The molecule has 6 nitrogen and oxygen atoms in total. The summed E-state index contributed by atoms with van der Waals surface area (Å²) in [6.07, 6.45) is 3.78. The molecule has 0 heterocycles. The Morgan fingerprint density at radius 3 is 1.90 bits per heavy atom. The van der Waals surface area contributed by atoms with Gasteiger partial charge in [0, 0.05) is 20.1 Å². The van der Waals surface area contributed by atoms with Gasteiger partial charge >= 0.3 is 0 Å². The summed E-state index contributed by atoms with van der Waals surface area (Å²) in [5, 5.41) is 0. The van der Waals surface area contributed by atoms with E-state index >= 15 is 0 Å². The quantitative estimate of drug-likeness (QED) is 0.877. The molecule has 21 heavy (non-hydrogen) atoms. The first-order valence-electron chi connectivity index (χ1n) is 6.78. The Hall–Kier alpha value is -0.960. The van der Waals surface area contributed by atoms with Gasteiger partial charge in [0.1, 0.15) is 0 Å².